The van der Waals surface area contributed by atoms with Crippen LogP contribution in [0.3, 0.4) is 0 Å². The van der Waals surface area contributed by atoms with Crippen LogP contribution in [0.2, 0.25) is 0 Å². The van der Waals surface area contributed by atoms with Crippen molar-refractivity contribution in [3.8, 4) is 0 Å². The van der Waals surface area contributed by atoms with Crippen LogP contribution in [0.5, 0.6) is 0 Å². The number of fused-ring (bicyclic) bond motifs is 2. The summed E-state index contributed by atoms with van der Waals surface area (Å²) in [6.07, 6.45) is 4.37. The van der Waals surface area contributed by atoms with Crippen LogP contribution < -0.4 is 5.56 Å². The second-order valence-corrected chi connectivity index (χ2v) is 7.07. The second-order valence-electron chi connectivity index (χ2n) is 6.69. The van der Waals surface area contributed by atoms with Gasteiger partial charge in [0.1, 0.15) is 5.52 Å². The quantitative estimate of drug-likeness (QED) is 0.834. The van der Waals surface area contributed by atoms with Crippen LogP contribution in [0.15, 0.2) is 17.1 Å². The first-order valence-corrected chi connectivity index (χ1v) is 8.01. The number of hydrogen-bond acceptors (Lipinski definition) is 3. The molecule has 0 radical (unpaired) electrons. The zero-order chi connectivity index (χ0) is 14.6. The molecule has 6 heteroatoms. The number of H-pyrrole nitrogens is 2. The van der Waals surface area contributed by atoms with Gasteiger partial charge in [0.15, 0.2) is 4.77 Å². The Morgan fingerprint density at radius 2 is 2.05 bits per heavy atom. The summed E-state index contributed by atoms with van der Waals surface area (Å²) in [7, 11) is 2.22. The fourth-order valence-electron chi connectivity index (χ4n) is 4.35. The van der Waals surface area contributed by atoms with Crippen LogP contribution in [-0.4, -0.2) is 39.6 Å². The van der Waals surface area contributed by atoms with Crippen LogP contribution in [0.25, 0.3) is 11.0 Å². The lowest BCUT2D eigenvalue weighted by Crippen LogP contribution is -2.20. The Hall–Kier alpha value is -1.40. The van der Waals surface area contributed by atoms with Gasteiger partial charge in [0.05, 0.1) is 5.52 Å². The molecule has 0 amide bonds. The molecule has 1 saturated heterocycles. The molecule has 4 rings (SSSR count). The van der Waals surface area contributed by atoms with Gasteiger partial charge in [0.25, 0.3) is 5.56 Å². The molecule has 2 aromatic heterocycles. The van der Waals surface area contributed by atoms with E-state index in [0.29, 0.717) is 16.2 Å². The summed E-state index contributed by atoms with van der Waals surface area (Å²) in [6, 6.07) is 1.95. The van der Waals surface area contributed by atoms with Gasteiger partial charge in [0.2, 0.25) is 0 Å². The van der Waals surface area contributed by atoms with E-state index in [0.717, 1.165) is 23.9 Å². The molecule has 3 heterocycles. The Morgan fingerprint density at radius 1 is 1.33 bits per heavy atom. The predicted octanol–water partition coefficient (Wildman–Crippen LogP) is 1.97. The number of likely N-dealkylation sites (tertiary alicyclic amines) is 1. The van der Waals surface area contributed by atoms with Crippen molar-refractivity contribution >= 4 is 23.3 Å². The van der Waals surface area contributed by atoms with Gasteiger partial charge >= 0.3 is 0 Å². The van der Waals surface area contributed by atoms with E-state index in [-0.39, 0.29) is 5.56 Å². The standard InChI is InChI=1S/C15H20N4OS/c1-18-7-10-4-9(5-11(10)8-18)6-19-12-2-3-16-13(12)14(20)17-15(19)21/h2-3,9-11,16H,4-8H2,1H3,(H,17,20,21). The molecule has 0 bridgehead atoms. The summed E-state index contributed by atoms with van der Waals surface area (Å²) in [5.74, 6) is 2.36. The van der Waals surface area contributed by atoms with Crippen LogP contribution >= 0.6 is 12.2 Å². The molecule has 2 N–H and O–H groups in total. The van der Waals surface area contributed by atoms with E-state index in [2.05, 4.69) is 26.5 Å². The Balaban J connectivity index is 1.63. The highest BCUT2D eigenvalue weighted by molar-refractivity contribution is 7.71. The minimum Gasteiger partial charge on any atom is -0.355 e. The highest BCUT2D eigenvalue weighted by atomic mass is 32.1. The van der Waals surface area contributed by atoms with E-state index in [1.54, 1.807) is 0 Å². The van der Waals surface area contributed by atoms with Crippen molar-refractivity contribution in [2.75, 3.05) is 20.1 Å². The summed E-state index contributed by atoms with van der Waals surface area (Å²) in [6.45, 7) is 3.39. The first kappa shape index (κ1) is 13.3. The number of aromatic amines is 2. The lowest BCUT2D eigenvalue weighted by Gasteiger charge is -2.17. The number of aromatic nitrogens is 3. The van der Waals surface area contributed by atoms with Crippen molar-refractivity contribution in [3.63, 3.8) is 0 Å². The molecule has 0 aromatic carbocycles. The third kappa shape index (κ3) is 2.17. The second kappa shape index (κ2) is 4.81. The minimum atomic E-state index is -0.124. The Labute approximate surface area is 128 Å². The molecule has 2 atom stereocenters. The maximum absolute atomic E-state index is 11.9. The highest BCUT2D eigenvalue weighted by Gasteiger charge is 2.39. The van der Waals surface area contributed by atoms with Crippen molar-refractivity contribution in [2.24, 2.45) is 17.8 Å². The summed E-state index contributed by atoms with van der Waals surface area (Å²) < 4.78 is 2.64. The molecular formula is C15H20N4OS. The maximum atomic E-state index is 11.9. The molecule has 0 spiro atoms. The zero-order valence-electron chi connectivity index (χ0n) is 12.1. The van der Waals surface area contributed by atoms with E-state index in [1.807, 2.05) is 12.3 Å². The molecule has 21 heavy (non-hydrogen) atoms. The van der Waals surface area contributed by atoms with E-state index in [4.69, 9.17) is 12.2 Å². The normalized spacial score (nSPS) is 29.3. The lowest BCUT2D eigenvalue weighted by atomic mass is 10.0. The van der Waals surface area contributed by atoms with Crippen molar-refractivity contribution < 1.29 is 0 Å². The summed E-state index contributed by atoms with van der Waals surface area (Å²) in [5, 5.41) is 0. The predicted molar refractivity (Wildman–Crippen MR) is 84.9 cm³/mol. The number of rotatable bonds is 2. The monoisotopic (exact) mass is 304 g/mol. The molecule has 1 saturated carbocycles. The number of hydrogen-bond donors (Lipinski definition) is 2. The lowest BCUT2D eigenvalue weighted by molar-refractivity contribution is 0.339. The van der Waals surface area contributed by atoms with E-state index in [1.165, 1.54) is 25.9 Å². The van der Waals surface area contributed by atoms with Gasteiger partial charge in [0, 0.05) is 25.8 Å². The average molecular weight is 304 g/mol. The molecule has 2 aliphatic rings. The van der Waals surface area contributed by atoms with E-state index < -0.39 is 0 Å². The van der Waals surface area contributed by atoms with Gasteiger partial charge < -0.3 is 14.5 Å². The molecule has 2 aromatic rings. The maximum Gasteiger partial charge on any atom is 0.276 e. The molecular weight excluding hydrogens is 284 g/mol. The van der Waals surface area contributed by atoms with Gasteiger partial charge in [-0.2, -0.15) is 0 Å². The van der Waals surface area contributed by atoms with E-state index >= 15 is 0 Å². The van der Waals surface area contributed by atoms with Crippen molar-refractivity contribution in [1.82, 2.24) is 19.4 Å². The zero-order valence-corrected chi connectivity index (χ0v) is 12.9. The number of nitrogens with zero attached hydrogens (tertiary/aromatic N) is 2. The average Bonchev–Trinajstić information content (AvgIpc) is 3.08. The Kier molecular flexibility index (Phi) is 3.04. The first-order chi connectivity index (χ1) is 10.1. The van der Waals surface area contributed by atoms with Crippen LogP contribution in [-0.2, 0) is 6.54 Å². The fourth-order valence-corrected chi connectivity index (χ4v) is 4.62. The number of nitrogens with one attached hydrogen (secondary N) is 2. The molecule has 112 valence electrons. The fraction of sp³-hybridized carbons (Fsp3) is 0.600. The summed E-state index contributed by atoms with van der Waals surface area (Å²) in [5.41, 5.74) is 1.43. The van der Waals surface area contributed by atoms with Gasteiger partial charge in [-0.1, -0.05) is 0 Å². The largest absolute Gasteiger partial charge is 0.355 e. The molecule has 1 aliphatic heterocycles. The molecule has 1 aliphatic carbocycles. The SMILES string of the molecule is CN1CC2CC(Cn3c(=S)[nH]c(=O)c4[nH]ccc43)CC2C1. The van der Waals surface area contributed by atoms with Crippen LogP contribution in [0.1, 0.15) is 12.8 Å². The summed E-state index contributed by atoms with van der Waals surface area (Å²) in [4.78, 5) is 20.1. The van der Waals surface area contributed by atoms with Gasteiger partial charge in [-0.3, -0.25) is 9.78 Å². The Morgan fingerprint density at radius 3 is 2.76 bits per heavy atom. The molecule has 2 unspecified atom stereocenters. The van der Waals surface area contributed by atoms with Crippen LogP contribution in [0, 0.1) is 22.5 Å². The smallest absolute Gasteiger partial charge is 0.276 e. The Bertz CT molecular complexity index is 775. The third-order valence-corrected chi connectivity index (χ3v) is 5.50. The van der Waals surface area contributed by atoms with Crippen LogP contribution in [0.4, 0.5) is 0 Å². The topological polar surface area (TPSA) is 56.8 Å². The van der Waals surface area contributed by atoms with E-state index in [9.17, 15) is 4.79 Å². The third-order valence-electron chi connectivity index (χ3n) is 5.18. The first-order valence-electron chi connectivity index (χ1n) is 7.60. The van der Waals surface area contributed by atoms with Crippen molar-refractivity contribution in [3.05, 3.63) is 27.4 Å². The van der Waals surface area contributed by atoms with Crippen molar-refractivity contribution in [1.29, 1.82) is 0 Å². The minimum absolute atomic E-state index is 0.124. The van der Waals surface area contributed by atoms with Gasteiger partial charge in [-0.05, 0) is 55.9 Å². The summed E-state index contributed by atoms with van der Waals surface area (Å²) >= 11 is 5.37. The van der Waals surface area contributed by atoms with Crippen molar-refractivity contribution in [2.45, 2.75) is 19.4 Å². The van der Waals surface area contributed by atoms with Gasteiger partial charge in [-0.25, -0.2) is 0 Å². The molecule has 2 fully saturated rings. The highest BCUT2D eigenvalue weighted by Crippen LogP contribution is 2.41. The van der Waals surface area contributed by atoms with Gasteiger partial charge in [-0.15, -0.1) is 0 Å². The molecule has 5 nitrogen and oxygen atoms in total.